The first-order chi connectivity index (χ1) is 11.3. The highest BCUT2D eigenvalue weighted by atomic mass is 16.5. The van der Waals surface area contributed by atoms with Gasteiger partial charge in [0.25, 0.3) is 0 Å². The first-order valence-electron chi connectivity index (χ1n) is 8.93. The highest BCUT2D eigenvalue weighted by Crippen LogP contribution is 2.52. The number of amides is 1. The van der Waals surface area contributed by atoms with Gasteiger partial charge in [0.15, 0.2) is 0 Å². The molecule has 5 atom stereocenters. The fourth-order valence-electron chi connectivity index (χ4n) is 4.66. The van der Waals surface area contributed by atoms with Crippen LogP contribution in [0.1, 0.15) is 47.5 Å². The van der Waals surface area contributed by atoms with E-state index in [2.05, 4.69) is 32.2 Å². The number of methoxy groups -OCH3 is 1. The topological polar surface area (TPSA) is 64.4 Å². The number of nitrogens with one attached hydrogen (secondary N) is 1. The van der Waals surface area contributed by atoms with Crippen LogP contribution in [-0.2, 0) is 9.53 Å². The molecule has 4 heteroatoms. The van der Waals surface area contributed by atoms with Crippen LogP contribution in [0.2, 0.25) is 0 Å². The summed E-state index contributed by atoms with van der Waals surface area (Å²) < 4.78 is 5.36. The van der Waals surface area contributed by atoms with Gasteiger partial charge in [0.2, 0.25) is 5.91 Å². The van der Waals surface area contributed by atoms with Crippen molar-refractivity contribution in [1.82, 2.24) is 5.32 Å². The number of dihydropyridines is 1. The van der Waals surface area contributed by atoms with Crippen LogP contribution in [-0.4, -0.2) is 19.2 Å². The molecule has 24 heavy (non-hydrogen) atoms. The molecular weight excluding hydrogens is 300 g/mol. The second-order valence-electron chi connectivity index (χ2n) is 7.52. The number of carbonyl (C=O) groups excluding carboxylic acids is 1. The van der Waals surface area contributed by atoms with E-state index in [1.165, 1.54) is 0 Å². The Balaban J connectivity index is 2.65. The Morgan fingerprint density at radius 1 is 1.42 bits per heavy atom. The van der Waals surface area contributed by atoms with E-state index in [4.69, 9.17) is 10.5 Å². The van der Waals surface area contributed by atoms with Crippen molar-refractivity contribution in [1.29, 1.82) is 0 Å². The number of rotatable bonds is 3. The van der Waals surface area contributed by atoms with E-state index < -0.39 is 5.41 Å². The van der Waals surface area contributed by atoms with Gasteiger partial charge in [0.1, 0.15) is 6.23 Å². The maximum Gasteiger partial charge on any atom is 0.232 e. The summed E-state index contributed by atoms with van der Waals surface area (Å²) in [5.41, 5.74) is 8.43. The van der Waals surface area contributed by atoms with Gasteiger partial charge in [-0.25, -0.2) is 0 Å². The lowest BCUT2D eigenvalue weighted by Gasteiger charge is -2.40. The van der Waals surface area contributed by atoms with Crippen LogP contribution >= 0.6 is 0 Å². The number of nitrogens with two attached hydrogens (primary N) is 1. The van der Waals surface area contributed by atoms with Gasteiger partial charge in [-0.05, 0) is 56.1 Å². The third kappa shape index (κ3) is 3.04. The number of carbonyl (C=O) groups is 1. The van der Waals surface area contributed by atoms with Crippen molar-refractivity contribution in [3.05, 3.63) is 35.1 Å². The fraction of sp³-hybridized carbons (Fsp3) is 0.650. The minimum Gasteiger partial charge on any atom is -0.369 e. The Kier molecular flexibility index (Phi) is 5.59. The summed E-state index contributed by atoms with van der Waals surface area (Å²) >= 11 is 0. The molecule has 1 aliphatic heterocycles. The standard InChI is InChI=1S/C20H32N2O2/c1-7-16-14(4)13(3)10-12(2)11-20(16,19(21)23)17-8-9-18(24-6)22-15(17)5/h7-9,12-14,18,22H,10-11H2,1-6H3,(H2,21,23)/b16-7+/t12-,13?,14-,18?,20-/m1/s1. The Hall–Kier alpha value is -1.55. The molecule has 0 radical (unpaired) electrons. The zero-order valence-electron chi connectivity index (χ0n) is 15.8. The summed E-state index contributed by atoms with van der Waals surface area (Å²) in [6.45, 7) is 10.8. The van der Waals surface area contributed by atoms with Crippen molar-refractivity contribution < 1.29 is 9.53 Å². The second-order valence-corrected chi connectivity index (χ2v) is 7.52. The summed E-state index contributed by atoms with van der Waals surface area (Å²) in [5.74, 6) is 1.03. The van der Waals surface area contributed by atoms with E-state index in [-0.39, 0.29) is 12.1 Å². The average Bonchev–Trinajstić information content (AvgIpc) is 2.62. The van der Waals surface area contributed by atoms with Gasteiger partial charge < -0.3 is 15.8 Å². The predicted octanol–water partition coefficient (Wildman–Crippen LogP) is 3.51. The molecule has 134 valence electrons. The molecule has 2 unspecified atom stereocenters. The predicted molar refractivity (Wildman–Crippen MR) is 97.9 cm³/mol. The van der Waals surface area contributed by atoms with Crippen molar-refractivity contribution >= 4 is 5.91 Å². The summed E-state index contributed by atoms with van der Waals surface area (Å²) in [4.78, 5) is 12.8. The lowest BCUT2D eigenvalue weighted by Crippen LogP contribution is -2.45. The van der Waals surface area contributed by atoms with Crippen molar-refractivity contribution in [3.63, 3.8) is 0 Å². The molecule has 0 aromatic carbocycles. The van der Waals surface area contributed by atoms with Gasteiger partial charge in [-0.3, -0.25) is 4.79 Å². The van der Waals surface area contributed by atoms with Crippen LogP contribution in [0.25, 0.3) is 0 Å². The van der Waals surface area contributed by atoms with Gasteiger partial charge >= 0.3 is 0 Å². The second kappa shape index (κ2) is 7.14. The molecule has 0 aromatic rings. The molecule has 0 spiro atoms. The van der Waals surface area contributed by atoms with Gasteiger partial charge in [-0.1, -0.05) is 38.5 Å². The van der Waals surface area contributed by atoms with Crippen molar-refractivity contribution in [2.75, 3.05) is 7.11 Å². The molecule has 1 heterocycles. The Labute approximate surface area is 146 Å². The molecule has 4 nitrogen and oxygen atoms in total. The van der Waals surface area contributed by atoms with E-state index in [0.29, 0.717) is 17.8 Å². The summed E-state index contributed by atoms with van der Waals surface area (Å²) in [6.07, 6.45) is 7.81. The first-order valence-corrected chi connectivity index (χ1v) is 8.93. The highest BCUT2D eigenvalue weighted by molar-refractivity contribution is 5.89. The highest BCUT2D eigenvalue weighted by Gasteiger charge is 2.49. The Morgan fingerprint density at radius 3 is 2.58 bits per heavy atom. The molecule has 1 aliphatic carbocycles. The number of hydrogen-bond acceptors (Lipinski definition) is 3. The molecular formula is C20H32N2O2. The summed E-state index contributed by atoms with van der Waals surface area (Å²) in [7, 11) is 1.67. The van der Waals surface area contributed by atoms with Gasteiger partial charge in [0, 0.05) is 12.8 Å². The van der Waals surface area contributed by atoms with Crippen LogP contribution in [0.3, 0.4) is 0 Å². The van der Waals surface area contributed by atoms with E-state index in [0.717, 1.165) is 29.7 Å². The maximum atomic E-state index is 12.8. The number of ether oxygens (including phenoxy) is 1. The normalized spacial score (nSPS) is 38.8. The lowest BCUT2D eigenvalue weighted by atomic mass is 9.64. The SMILES string of the molecule is C/C=C1\[C@H](C)C(C)C[C@@H](C)C[C@]1(C(N)=O)C1=C(C)NC(OC)C=C1. The number of hydrogen-bond donors (Lipinski definition) is 2. The van der Waals surface area contributed by atoms with Crippen LogP contribution in [0.5, 0.6) is 0 Å². The average molecular weight is 332 g/mol. The van der Waals surface area contributed by atoms with E-state index >= 15 is 0 Å². The lowest BCUT2D eigenvalue weighted by molar-refractivity contribution is -0.124. The monoisotopic (exact) mass is 332 g/mol. The van der Waals surface area contributed by atoms with Gasteiger partial charge in [-0.2, -0.15) is 0 Å². The molecule has 0 saturated heterocycles. The minimum absolute atomic E-state index is 0.160. The van der Waals surface area contributed by atoms with Crippen molar-refractivity contribution in [2.24, 2.45) is 28.9 Å². The van der Waals surface area contributed by atoms with Crippen molar-refractivity contribution in [2.45, 2.75) is 53.7 Å². The molecule has 0 bridgehead atoms. The quantitative estimate of drug-likeness (QED) is 0.614. The van der Waals surface area contributed by atoms with Crippen LogP contribution in [0.4, 0.5) is 0 Å². The molecule has 2 aliphatic rings. The molecule has 1 amide bonds. The number of primary amides is 1. The number of allylic oxidation sites excluding steroid dienone is 3. The fourth-order valence-corrected chi connectivity index (χ4v) is 4.66. The van der Waals surface area contributed by atoms with Crippen molar-refractivity contribution in [3.8, 4) is 0 Å². The summed E-state index contributed by atoms with van der Waals surface area (Å²) in [5, 5.41) is 3.33. The van der Waals surface area contributed by atoms with E-state index in [1.807, 2.05) is 26.0 Å². The Bertz CT molecular complexity index is 590. The van der Waals surface area contributed by atoms with Gasteiger partial charge in [0.05, 0.1) is 5.41 Å². The van der Waals surface area contributed by atoms with E-state index in [9.17, 15) is 4.79 Å². The van der Waals surface area contributed by atoms with Crippen LogP contribution in [0, 0.1) is 23.2 Å². The third-order valence-electron chi connectivity index (χ3n) is 5.91. The third-order valence-corrected chi connectivity index (χ3v) is 5.91. The van der Waals surface area contributed by atoms with Gasteiger partial charge in [-0.15, -0.1) is 0 Å². The minimum atomic E-state index is -0.745. The molecule has 0 aromatic heterocycles. The molecule has 3 N–H and O–H groups in total. The largest absolute Gasteiger partial charge is 0.369 e. The Morgan fingerprint density at radius 2 is 2.08 bits per heavy atom. The molecule has 1 saturated carbocycles. The zero-order valence-corrected chi connectivity index (χ0v) is 15.8. The van der Waals surface area contributed by atoms with E-state index in [1.54, 1.807) is 7.11 Å². The molecule has 2 rings (SSSR count). The first kappa shape index (κ1) is 18.8. The smallest absolute Gasteiger partial charge is 0.232 e. The summed E-state index contributed by atoms with van der Waals surface area (Å²) in [6, 6.07) is 0. The molecule has 1 fully saturated rings. The maximum absolute atomic E-state index is 12.8. The zero-order chi connectivity index (χ0) is 18.1. The van der Waals surface area contributed by atoms with Crippen LogP contribution < -0.4 is 11.1 Å². The van der Waals surface area contributed by atoms with Crippen LogP contribution in [0.15, 0.2) is 35.1 Å².